The average Bonchev–Trinajstić information content (AvgIpc) is 2.19. The summed E-state index contributed by atoms with van der Waals surface area (Å²) in [7, 11) is 0. The SMILES string of the molecule is O=C([O-])C(=O)[O-].[NH-]C[C@@H]1CCCC[C@@H]1[NH-].[Pt+4]. The van der Waals surface area contributed by atoms with Crippen LogP contribution in [-0.2, 0) is 30.7 Å². The molecule has 0 aromatic rings. The maximum absolute atomic E-state index is 8.93. The third-order valence-corrected chi connectivity index (χ3v) is 2.34. The molecule has 0 radical (unpaired) electrons. The minimum Gasteiger partial charge on any atom is -0.677 e. The summed E-state index contributed by atoms with van der Waals surface area (Å²) in [5, 5.41) is 17.9. The molecule has 16 heavy (non-hydrogen) atoms. The first kappa shape index (κ1) is 17.9. The third-order valence-electron chi connectivity index (χ3n) is 2.34. The molecule has 94 valence electrons. The van der Waals surface area contributed by atoms with Crippen molar-refractivity contribution >= 4 is 11.9 Å². The van der Waals surface area contributed by atoms with Gasteiger partial charge in [-0.15, -0.1) is 12.6 Å². The van der Waals surface area contributed by atoms with Crippen molar-refractivity contribution in [3.05, 3.63) is 11.5 Å². The van der Waals surface area contributed by atoms with E-state index in [2.05, 4.69) is 0 Å². The molecule has 0 aromatic carbocycles. The molecule has 0 heterocycles. The second-order valence-corrected chi connectivity index (χ2v) is 3.43. The van der Waals surface area contributed by atoms with E-state index in [0.717, 1.165) is 12.8 Å². The molecular weight excluding hydrogens is 395 g/mol. The Morgan fingerprint density at radius 2 is 1.56 bits per heavy atom. The summed E-state index contributed by atoms with van der Waals surface area (Å²) in [6, 6.07) is 0.0799. The van der Waals surface area contributed by atoms with E-state index in [1.807, 2.05) is 0 Å². The monoisotopic (exact) mass is 409 g/mol. The predicted molar refractivity (Wildman–Crippen MR) is 49.3 cm³/mol. The molecule has 2 atom stereocenters. The fourth-order valence-corrected chi connectivity index (χ4v) is 1.45. The molecule has 0 aliphatic heterocycles. The van der Waals surface area contributed by atoms with Crippen molar-refractivity contribution in [2.45, 2.75) is 31.7 Å². The van der Waals surface area contributed by atoms with Crippen LogP contribution < -0.4 is 10.2 Å². The van der Waals surface area contributed by atoms with Crippen LogP contribution in [0.5, 0.6) is 0 Å². The molecule has 1 fully saturated rings. The Labute approximate surface area is 109 Å². The molecule has 0 bridgehead atoms. The molecule has 1 aliphatic rings. The van der Waals surface area contributed by atoms with Gasteiger partial charge in [0.15, 0.2) is 0 Å². The van der Waals surface area contributed by atoms with Crippen LogP contribution in [0.15, 0.2) is 0 Å². The van der Waals surface area contributed by atoms with Crippen molar-refractivity contribution in [2.75, 3.05) is 6.54 Å². The van der Waals surface area contributed by atoms with Crippen molar-refractivity contribution < 1.29 is 40.9 Å². The molecule has 7 heteroatoms. The molecule has 1 saturated carbocycles. The number of hydrogen-bond donors (Lipinski definition) is 0. The second-order valence-electron chi connectivity index (χ2n) is 3.43. The Morgan fingerprint density at radius 1 is 1.12 bits per heavy atom. The number of rotatable bonds is 1. The van der Waals surface area contributed by atoms with Crippen molar-refractivity contribution in [3.8, 4) is 0 Å². The smallest absolute Gasteiger partial charge is 0.677 e. The van der Waals surface area contributed by atoms with E-state index in [0.29, 0.717) is 12.5 Å². The fourth-order valence-electron chi connectivity index (χ4n) is 1.45. The zero-order valence-corrected chi connectivity index (χ0v) is 10.9. The number of carboxylic acid groups (broad SMARTS) is 2. The molecule has 2 N–H and O–H groups in total. The number of nitrogens with one attached hydrogen (secondary N) is 2. The van der Waals surface area contributed by atoms with Gasteiger partial charge in [-0.3, -0.25) is 0 Å². The van der Waals surface area contributed by atoms with Gasteiger partial charge in [-0.1, -0.05) is 31.6 Å². The number of carbonyl (C=O) groups excluding carboxylic acids is 2. The summed E-state index contributed by atoms with van der Waals surface area (Å²) in [4.78, 5) is 17.9. The Hall–Kier alpha value is -0.452. The summed E-state index contributed by atoms with van der Waals surface area (Å²) in [5.41, 5.74) is 14.6. The molecule has 6 nitrogen and oxygen atoms in total. The van der Waals surface area contributed by atoms with E-state index in [-0.39, 0.29) is 27.1 Å². The van der Waals surface area contributed by atoms with Gasteiger partial charge < -0.3 is 31.3 Å². The van der Waals surface area contributed by atoms with Crippen molar-refractivity contribution in [1.82, 2.24) is 0 Å². The minimum atomic E-state index is -2.19. The predicted octanol–water partition coefficient (Wildman–Crippen LogP) is -0.867. The summed E-state index contributed by atoms with van der Waals surface area (Å²) >= 11 is 0. The van der Waals surface area contributed by atoms with E-state index in [1.165, 1.54) is 12.8 Å². The molecule has 0 amide bonds. The van der Waals surface area contributed by atoms with Crippen LogP contribution in [0.3, 0.4) is 0 Å². The van der Waals surface area contributed by atoms with Gasteiger partial charge >= 0.3 is 21.1 Å². The van der Waals surface area contributed by atoms with Crippen molar-refractivity contribution in [2.24, 2.45) is 5.92 Å². The Morgan fingerprint density at radius 3 is 1.81 bits per heavy atom. The third kappa shape index (κ3) is 7.79. The fraction of sp³-hybridized carbons (Fsp3) is 0.778. The molecule has 0 aromatic heterocycles. The van der Waals surface area contributed by atoms with Gasteiger partial charge in [-0.2, -0.15) is 0 Å². The second kappa shape index (κ2) is 9.75. The molecule has 1 aliphatic carbocycles. The normalized spacial score (nSPS) is 23.4. The number of aliphatic carboxylic acids is 2. The van der Waals surface area contributed by atoms with E-state index in [1.54, 1.807) is 0 Å². The van der Waals surface area contributed by atoms with Gasteiger partial charge in [-0.25, -0.2) is 0 Å². The Kier molecular flexibility index (Phi) is 10.9. The maximum Gasteiger partial charge on any atom is 4.00 e. The van der Waals surface area contributed by atoms with Gasteiger partial charge in [0.05, 0.1) is 11.9 Å². The van der Waals surface area contributed by atoms with Crippen LogP contribution >= 0.6 is 0 Å². The van der Waals surface area contributed by atoms with Gasteiger partial charge in [0.2, 0.25) is 0 Å². The quantitative estimate of drug-likeness (QED) is 0.522. The zero-order valence-electron chi connectivity index (χ0n) is 8.64. The van der Waals surface area contributed by atoms with Crippen LogP contribution in [0.1, 0.15) is 25.7 Å². The molecule has 1 rings (SSSR count). The van der Waals surface area contributed by atoms with Crippen molar-refractivity contribution in [1.29, 1.82) is 0 Å². The summed E-state index contributed by atoms with van der Waals surface area (Å²) in [6.45, 7) is 0.466. The summed E-state index contributed by atoms with van der Waals surface area (Å²) in [5.74, 6) is -3.98. The van der Waals surface area contributed by atoms with Crippen LogP contribution in [0, 0.1) is 5.92 Å². The van der Waals surface area contributed by atoms with Gasteiger partial charge in [0, 0.05) is 0 Å². The number of carboxylic acids is 2. The van der Waals surface area contributed by atoms with E-state index >= 15 is 0 Å². The summed E-state index contributed by atoms with van der Waals surface area (Å²) in [6.07, 6.45) is 4.62. The van der Waals surface area contributed by atoms with E-state index in [9.17, 15) is 0 Å². The largest absolute Gasteiger partial charge is 4.00 e. The molecule has 0 spiro atoms. The van der Waals surface area contributed by atoms with Crippen LogP contribution in [-0.4, -0.2) is 24.5 Å². The zero-order chi connectivity index (χ0) is 11.8. The average molecular weight is 409 g/mol. The summed E-state index contributed by atoms with van der Waals surface area (Å²) < 4.78 is 0. The van der Waals surface area contributed by atoms with Gasteiger partial charge in [0.25, 0.3) is 0 Å². The van der Waals surface area contributed by atoms with E-state index in [4.69, 9.17) is 31.3 Å². The Balaban J connectivity index is 0. The van der Waals surface area contributed by atoms with Crippen LogP contribution in [0.4, 0.5) is 0 Å². The standard InChI is InChI=1S/C7H14N2.C2H2O4.Pt/c8-5-6-3-1-2-4-7(6)9;3-1(4)2(5)6;/h6-9H,1-5H2;(H,3,4)(H,5,6);/q-2;;+4/p-2/t6-,7-;;/m0../s1. The molecule has 0 saturated heterocycles. The molecule has 0 unspecified atom stereocenters. The van der Waals surface area contributed by atoms with E-state index < -0.39 is 11.9 Å². The number of carbonyl (C=O) groups is 2. The first-order chi connectivity index (χ1) is 6.99. The number of hydrogen-bond acceptors (Lipinski definition) is 4. The van der Waals surface area contributed by atoms with Gasteiger partial charge in [-0.05, 0) is 0 Å². The first-order valence-corrected chi connectivity index (χ1v) is 4.77. The van der Waals surface area contributed by atoms with Crippen molar-refractivity contribution in [3.63, 3.8) is 0 Å². The topological polar surface area (TPSA) is 128 Å². The molecular formula is C9H14N2O4Pt. The maximum atomic E-state index is 8.93. The Bertz CT molecular complexity index is 214. The minimum absolute atomic E-state index is 0. The first-order valence-electron chi connectivity index (χ1n) is 4.77. The van der Waals surface area contributed by atoms with Crippen LogP contribution in [0.25, 0.3) is 11.5 Å². The van der Waals surface area contributed by atoms with Crippen LogP contribution in [0.2, 0.25) is 0 Å². The van der Waals surface area contributed by atoms with Gasteiger partial charge in [0.1, 0.15) is 0 Å².